The normalized spacial score (nSPS) is 11.2. The number of carbonyl (C=O) groups excluding carboxylic acids is 1. The number of aromatic amines is 1. The lowest BCUT2D eigenvalue weighted by Crippen LogP contribution is -2.18. The number of para-hydroxylation sites is 1. The summed E-state index contributed by atoms with van der Waals surface area (Å²) < 4.78 is 40.6. The van der Waals surface area contributed by atoms with Gasteiger partial charge in [-0.15, -0.1) is 13.2 Å². The second-order valence-electron chi connectivity index (χ2n) is 3.84. The number of nitro benzene ring substituents is 1. The van der Waals surface area contributed by atoms with Gasteiger partial charge in [0, 0.05) is 0 Å². The highest BCUT2D eigenvalue weighted by Gasteiger charge is 2.36. The van der Waals surface area contributed by atoms with Crippen LogP contribution >= 0.6 is 0 Å². The first-order chi connectivity index (χ1) is 10.2. The summed E-state index contributed by atoms with van der Waals surface area (Å²) in [5, 5.41) is 20.0. The van der Waals surface area contributed by atoms with Crippen LogP contribution < -0.4 is 10.5 Å². The van der Waals surface area contributed by atoms with E-state index < -0.39 is 39.9 Å². The molecule has 0 aliphatic carbocycles. The third-order valence-corrected chi connectivity index (χ3v) is 2.44. The predicted molar refractivity (Wildman–Crippen MR) is 63.7 cm³/mol. The maximum Gasteiger partial charge on any atom is 0.573 e. The van der Waals surface area contributed by atoms with Gasteiger partial charge in [0.25, 0.3) is 5.91 Å². The van der Waals surface area contributed by atoms with Crippen molar-refractivity contribution in [3.63, 3.8) is 0 Å². The molecule has 0 atom stereocenters. The predicted octanol–water partition coefficient (Wildman–Crippen LogP) is 1.38. The van der Waals surface area contributed by atoms with Gasteiger partial charge in [0.1, 0.15) is 5.69 Å². The fourth-order valence-corrected chi connectivity index (χ4v) is 1.70. The summed E-state index contributed by atoms with van der Waals surface area (Å²) in [6, 6.07) is 2.92. The molecule has 0 saturated heterocycles. The van der Waals surface area contributed by atoms with Crippen molar-refractivity contribution in [3.8, 4) is 17.0 Å². The summed E-state index contributed by atoms with van der Waals surface area (Å²) >= 11 is 0. The first-order valence-electron chi connectivity index (χ1n) is 5.45. The van der Waals surface area contributed by atoms with Gasteiger partial charge in [0.15, 0.2) is 5.69 Å². The summed E-state index contributed by atoms with van der Waals surface area (Å²) in [5.41, 5.74) is 2.80. The number of ether oxygens (including phenoxy) is 1. The molecule has 1 heterocycles. The third-order valence-electron chi connectivity index (χ3n) is 2.44. The van der Waals surface area contributed by atoms with E-state index in [0.717, 1.165) is 18.2 Å². The molecule has 12 heteroatoms. The van der Waals surface area contributed by atoms with Crippen LogP contribution in [0.2, 0.25) is 0 Å². The number of alkyl halides is 3. The minimum Gasteiger partial charge on any atom is -0.398 e. The van der Waals surface area contributed by atoms with Gasteiger partial charge in [-0.25, -0.2) is 0 Å². The van der Waals surface area contributed by atoms with E-state index >= 15 is 0 Å². The highest BCUT2D eigenvalue weighted by atomic mass is 19.4. The molecule has 1 aromatic heterocycles. The minimum atomic E-state index is -5.13. The molecule has 0 saturated carbocycles. The summed E-state index contributed by atoms with van der Waals surface area (Å²) in [6.45, 7) is 0. The van der Waals surface area contributed by atoms with Crippen LogP contribution in [0.25, 0.3) is 11.3 Å². The van der Waals surface area contributed by atoms with Crippen molar-refractivity contribution in [1.29, 1.82) is 0 Å². The molecule has 0 unspecified atom stereocenters. The van der Waals surface area contributed by atoms with Crippen molar-refractivity contribution in [2.75, 3.05) is 0 Å². The lowest BCUT2D eigenvalue weighted by molar-refractivity contribution is -0.388. The zero-order valence-corrected chi connectivity index (χ0v) is 10.4. The Bertz CT molecular complexity index is 742. The fourth-order valence-electron chi connectivity index (χ4n) is 1.70. The number of primary amides is 1. The van der Waals surface area contributed by atoms with Gasteiger partial charge >= 0.3 is 12.0 Å². The standard InChI is InChI=1S/C10H6F3N5O4/c11-10(12,13)22-5-3-1-2-4(8(5)18(20)21)6-7(9(14)19)16-17-15-6/h1-3H,(H2,14,19)(H,15,16,17). The number of aromatic nitrogens is 3. The van der Waals surface area contributed by atoms with Crippen molar-refractivity contribution in [1.82, 2.24) is 15.4 Å². The first-order valence-corrected chi connectivity index (χ1v) is 5.45. The monoisotopic (exact) mass is 317 g/mol. The van der Waals surface area contributed by atoms with E-state index in [4.69, 9.17) is 5.73 Å². The molecule has 116 valence electrons. The number of rotatable bonds is 4. The van der Waals surface area contributed by atoms with Gasteiger partial charge in [0.2, 0.25) is 5.75 Å². The number of carbonyl (C=O) groups is 1. The zero-order valence-electron chi connectivity index (χ0n) is 10.4. The summed E-state index contributed by atoms with van der Waals surface area (Å²) in [5.74, 6) is -2.10. The molecule has 22 heavy (non-hydrogen) atoms. The molecule has 0 spiro atoms. The van der Waals surface area contributed by atoms with Crippen LogP contribution in [0.5, 0.6) is 5.75 Å². The van der Waals surface area contributed by atoms with E-state index in [0.29, 0.717) is 0 Å². The SMILES string of the molecule is NC(=O)c1n[nH]nc1-c1cccc(OC(F)(F)F)c1[N+](=O)[O-]. The molecule has 3 N–H and O–H groups in total. The lowest BCUT2D eigenvalue weighted by atomic mass is 10.1. The van der Waals surface area contributed by atoms with Crippen LogP contribution in [0.4, 0.5) is 18.9 Å². The van der Waals surface area contributed by atoms with E-state index in [1.54, 1.807) is 0 Å². The number of hydrogen-bond donors (Lipinski definition) is 2. The molecule has 9 nitrogen and oxygen atoms in total. The van der Waals surface area contributed by atoms with Crippen molar-refractivity contribution in [2.45, 2.75) is 6.36 Å². The van der Waals surface area contributed by atoms with Gasteiger partial charge in [0.05, 0.1) is 10.5 Å². The number of nitrogens with one attached hydrogen (secondary N) is 1. The van der Waals surface area contributed by atoms with Crippen molar-refractivity contribution >= 4 is 11.6 Å². The average Bonchev–Trinajstić information content (AvgIpc) is 2.85. The molecule has 0 fully saturated rings. The van der Waals surface area contributed by atoms with Crippen LogP contribution in [-0.2, 0) is 0 Å². The van der Waals surface area contributed by atoms with E-state index in [-0.39, 0.29) is 5.69 Å². The summed E-state index contributed by atoms with van der Waals surface area (Å²) in [4.78, 5) is 21.2. The number of H-pyrrole nitrogens is 1. The van der Waals surface area contributed by atoms with Crippen molar-refractivity contribution in [3.05, 3.63) is 34.0 Å². The van der Waals surface area contributed by atoms with E-state index in [1.165, 1.54) is 0 Å². The fraction of sp³-hybridized carbons (Fsp3) is 0.100. The van der Waals surface area contributed by atoms with Crippen molar-refractivity contribution in [2.24, 2.45) is 5.73 Å². The Labute approximate surface area is 119 Å². The summed E-state index contributed by atoms with van der Waals surface area (Å²) in [7, 11) is 0. The van der Waals surface area contributed by atoms with Crippen LogP contribution in [0.15, 0.2) is 18.2 Å². The first kappa shape index (κ1) is 15.2. The van der Waals surface area contributed by atoms with Crippen LogP contribution in [-0.4, -0.2) is 32.6 Å². The lowest BCUT2D eigenvalue weighted by Gasteiger charge is -2.10. The zero-order chi connectivity index (χ0) is 16.5. The Hall–Kier alpha value is -3.18. The van der Waals surface area contributed by atoms with E-state index in [1.807, 2.05) is 5.21 Å². The highest BCUT2D eigenvalue weighted by Crippen LogP contribution is 2.39. The number of nitrogens with two attached hydrogens (primary N) is 1. The van der Waals surface area contributed by atoms with Gasteiger partial charge in [-0.2, -0.15) is 15.4 Å². The number of hydrogen-bond acceptors (Lipinski definition) is 6. The second-order valence-corrected chi connectivity index (χ2v) is 3.84. The van der Waals surface area contributed by atoms with E-state index in [9.17, 15) is 28.1 Å². The number of halogens is 3. The van der Waals surface area contributed by atoms with Gasteiger partial charge < -0.3 is 10.5 Å². The van der Waals surface area contributed by atoms with Crippen molar-refractivity contribution < 1.29 is 27.6 Å². The largest absolute Gasteiger partial charge is 0.573 e. The Morgan fingerprint density at radius 1 is 1.36 bits per heavy atom. The molecule has 0 bridgehead atoms. The smallest absolute Gasteiger partial charge is 0.398 e. The maximum absolute atomic E-state index is 12.3. The van der Waals surface area contributed by atoms with Crippen LogP contribution in [0.1, 0.15) is 10.5 Å². The quantitative estimate of drug-likeness (QED) is 0.645. The van der Waals surface area contributed by atoms with E-state index in [2.05, 4.69) is 14.9 Å². The minimum absolute atomic E-state index is 0.355. The molecule has 1 aromatic carbocycles. The number of amides is 1. The maximum atomic E-state index is 12.3. The Kier molecular flexibility index (Phi) is 3.67. The molecule has 2 aromatic rings. The van der Waals surface area contributed by atoms with Crippen LogP contribution in [0.3, 0.4) is 0 Å². The van der Waals surface area contributed by atoms with Gasteiger partial charge in [-0.3, -0.25) is 14.9 Å². The van der Waals surface area contributed by atoms with Gasteiger partial charge in [-0.1, -0.05) is 6.07 Å². The molecule has 0 aliphatic heterocycles. The Balaban J connectivity index is 2.66. The molecular weight excluding hydrogens is 311 g/mol. The molecule has 1 amide bonds. The Morgan fingerprint density at radius 3 is 2.59 bits per heavy atom. The van der Waals surface area contributed by atoms with Gasteiger partial charge in [-0.05, 0) is 12.1 Å². The highest BCUT2D eigenvalue weighted by molar-refractivity contribution is 5.98. The number of benzene rings is 1. The van der Waals surface area contributed by atoms with Crippen LogP contribution in [0, 0.1) is 10.1 Å². The molecule has 2 rings (SSSR count). The average molecular weight is 317 g/mol. The summed E-state index contributed by atoms with van der Waals surface area (Å²) in [6.07, 6.45) is -5.13. The Morgan fingerprint density at radius 2 is 2.05 bits per heavy atom. The third kappa shape index (κ3) is 2.94. The molecular formula is C10H6F3N5O4. The second kappa shape index (κ2) is 5.31. The molecule has 0 radical (unpaired) electrons. The molecule has 0 aliphatic rings. The number of nitro groups is 1. The topological polar surface area (TPSA) is 137 Å². The number of nitrogens with zero attached hydrogens (tertiary/aromatic N) is 3.